The van der Waals surface area contributed by atoms with Crippen molar-refractivity contribution in [2.45, 2.75) is 31.2 Å². The molecule has 0 saturated heterocycles. The van der Waals surface area contributed by atoms with Gasteiger partial charge in [-0.3, -0.25) is 9.78 Å². The second-order valence-electron chi connectivity index (χ2n) is 7.34. The number of hydrogen-bond donors (Lipinski definition) is 2. The van der Waals surface area contributed by atoms with Crippen LogP contribution in [0.25, 0.3) is 22.2 Å². The highest BCUT2D eigenvalue weighted by Crippen LogP contribution is 2.42. The quantitative estimate of drug-likeness (QED) is 0.470. The highest BCUT2D eigenvalue weighted by molar-refractivity contribution is 5.92. The van der Waals surface area contributed by atoms with E-state index in [0.717, 1.165) is 39.9 Å². The molecule has 1 aliphatic carbocycles. The predicted octanol–water partition coefficient (Wildman–Crippen LogP) is 4.71. The standard InChI is InChI=1S/C23H21N3O.CH2O2/c24-20(14-21-16(15-11-12-15)9-5-13-25-21)17-6-1-2-7-18(17)23-19-8-3-4-10-22(19)27-26-23;2-1-3/h1-10,13,15,20H,11-12,14,24H2;1H,(H,2,3)/t20-;/m0./s1. The molecule has 1 atom stereocenters. The van der Waals surface area contributed by atoms with E-state index in [1.54, 1.807) is 0 Å². The smallest absolute Gasteiger partial charge is 0.290 e. The summed E-state index contributed by atoms with van der Waals surface area (Å²) in [5, 5.41) is 12.2. The van der Waals surface area contributed by atoms with E-state index in [1.807, 2.05) is 48.7 Å². The van der Waals surface area contributed by atoms with Gasteiger partial charge >= 0.3 is 0 Å². The van der Waals surface area contributed by atoms with Crippen LogP contribution in [-0.4, -0.2) is 21.7 Å². The Morgan fingerprint density at radius 2 is 1.83 bits per heavy atom. The van der Waals surface area contributed by atoms with Crippen LogP contribution in [0.4, 0.5) is 0 Å². The van der Waals surface area contributed by atoms with E-state index in [1.165, 1.54) is 18.4 Å². The summed E-state index contributed by atoms with van der Waals surface area (Å²) >= 11 is 0. The third-order valence-corrected chi connectivity index (χ3v) is 5.35. The number of aromatic nitrogens is 2. The lowest BCUT2D eigenvalue weighted by Crippen LogP contribution is -2.16. The van der Waals surface area contributed by atoms with Gasteiger partial charge in [0.2, 0.25) is 0 Å². The first kappa shape index (κ1) is 19.8. The van der Waals surface area contributed by atoms with Crippen molar-refractivity contribution in [2.75, 3.05) is 0 Å². The summed E-state index contributed by atoms with van der Waals surface area (Å²) in [5.41, 5.74) is 12.9. The number of carbonyl (C=O) groups is 1. The summed E-state index contributed by atoms with van der Waals surface area (Å²) in [6.45, 7) is -0.250. The molecule has 6 nitrogen and oxygen atoms in total. The lowest BCUT2D eigenvalue weighted by Gasteiger charge is -2.17. The molecule has 3 N–H and O–H groups in total. The third-order valence-electron chi connectivity index (χ3n) is 5.35. The van der Waals surface area contributed by atoms with Crippen molar-refractivity contribution in [1.29, 1.82) is 0 Å². The average molecular weight is 401 g/mol. The third kappa shape index (κ3) is 4.09. The Morgan fingerprint density at radius 1 is 1.10 bits per heavy atom. The predicted molar refractivity (Wildman–Crippen MR) is 115 cm³/mol. The molecule has 2 aromatic carbocycles. The molecule has 0 unspecified atom stereocenters. The number of nitrogens with zero attached hydrogens (tertiary/aromatic N) is 2. The zero-order valence-corrected chi connectivity index (χ0v) is 16.4. The van der Waals surface area contributed by atoms with Gasteiger partial charge in [0, 0.05) is 35.3 Å². The van der Waals surface area contributed by atoms with Crippen LogP contribution in [0, 0.1) is 0 Å². The molecule has 6 heteroatoms. The Morgan fingerprint density at radius 3 is 2.63 bits per heavy atom. The van der Waals surface area contributed by atoms with Crippen molar-refractivity contribution in [3.63, 3.8) is 0 Å². The molecular weight excluding hydrogens is 378 g/mol. The van der Waals surface area contributed by atoms with Crippen molar-refractivity contribution < 1.29 is 14.4 Å². The monoisotopic (exact) mass is 401 g/mol. The maximum atomic E-state index is 8.36. The van der Waals surface area contributed by atoms with Gasteiger partial charge in [-0.1, -0.05) is 47.6 Å². The van der Waals surface area contributed by atoms with Gasteiger partial charge in [-0.15, -0.1) is 0 Å². The van der Waals surface area contributed by atoms with Crippen LogP contribution in [-0.2, 0) is 11.2 Å². The number of hydrogen-bond acceptors (Lipinski definition) is 5. The molecule has 1 aliphatic rings. The van der Waals surface area contributed by atoms with E-state index in [0.29, 0.717) is 5.92 Å². The Kier molecular flexibility index (Phi) is 5.86. The zero-order valence-electron chi connectivity index (χ0n) is 16.4. The molecule has 1 saturated carbocycles. The second kappa shape index (κ2) is 8.88. The Labute approximate surface area is 174 Å². The van der Waals surface area contributed by atoms with Gasteiger partial charge in [0.15, 0.2) is 5.58 Å². The molecule has 5 rings (SSSR count). The first-order chi connectivity index (χ1) is 14.7. The number of pyridine rings is 1. The van der Waals surface area contributed by atoms with Crippen molar-refractivity contribution in [3.05, 3.63) is 83.7 Å². The maximum Gasteiger partial charge on any atom is 0.290 e. The van der Waals surface area contributed by atoms with Crippen molar-refractivity contribution in [2.24, 2.45) is 5.73 Å². The fourth-order valence-electron chi connectivity index (χ4n) is 3.82. The normalized spacial score (nSPS) is 14.0. The van der Waals surface area contributed by atoms with Crippen LogP contribution in [0.3, 0.4) is 0 Å². The van der Waals surface area contributed by atoms with Gasteiger partial charge in [-0.05, 0) is 48.1 Å². The van der Waals surface area contributed by atoms with Crippen LogP contribution >= 0.6 is 0 Å². The molecule has 2 aromatic heterocycles. The van der Waals surface area contributed by atoms with E-state index in [4.69, 9.17) is 20.2 Å². The van der Waals surface area contributed by atoms with Crippen molar-refractivity contribution in [3.8, 4) is 11.3 Å². The van der Waals surface area contributed by atoms with Crippen LogP contribution in [0.2, 0.25) is 0 Å². The average Bonchev–Trinajstić information content (AvgIpc) is 3.53. The zero-order chi connectivity index (χ0) is 20.9. The van der Waals surface area contributed by atoms with E-state index in [2.05, 4.69) is 28.3 Å². The van der Waals surface area contributed by atoms with E-state index >= 15 is 0 Å². The molecule has 30 heavy (non-hydrogen) atoms. The first-order valence-electron chi connectivity index (χ1n) is 9.94. The Hall–Kier alpha value is -3.51. The second-order valence-corrected chi connectivity index (χ2v) is 7.34. The highest BCUT2D eigenvalue weighted by Gasteiger charge is 2.27. The first-order valence-corrected chi connectivity index (χ1v) is 9.94. The van der Waals surface area contributed by atoms with Gasteiger partial charge in [0.05, 0.1) is 0 Å². The molecule has 0 aliphatic heterocycles. The number of nitrogens with two attached hydrogens (primary N) is 1. The van der Waals surface area contributed by atoms with Crippen LogP contribution in [0.1, 0.15) is 41.6 Å². The number of benzene rings is 2. The minimum Gasteiger partial charge on any atom is -0.483 e. The summed E-state index contributed by atoms with van der Waals surface area (Å²) in [4.78, 5) is 13.0. The molecule has 2 heterocycles. The van der Waals surface area contributed by atoms with E-state index in [-0.39, 0.29) is 12.5 Å². The van der Waals surface area contributed by atoms with E-state index in [9.17, 15) is 0 Å². The molecule has 0 bridgehead atoms. The number of carboxylic acid groups (broad SMARTS) is 1. The van der Waals surface area contributed by atoms with Gasteiger partial charge in [0.25, 0.3) is 6.47 Å². The van der Waals surface area contributed by atoms with E-state index < -0.39 is 0 Å². The lowest BCUT2D eigenvalue weighted by atomic mass is 9.93. The van der Waals surface area contributed by atoms with Crippen molar-refractivity contribution in [1.82, 2.24) is 10.1 Å². The highest BCUT2D eigenvalue weighted by atomic mass is 16.5. The topological polar surface area (TPSA) is 102 Å². The Balaban J connectivity index is 0.000000687. The van der Waals surface area contributed by atoms with Crippen molar-refractivity contribution >= 4 is 17.4 Å². The van der Waals surface area contributed by atoms with Crippen LogP contribution < -0.4 is 5.73 Å². The van der Waals surface area contributed by atoms with Crippen LogP contribution in [0.15, 0.2) is 71.4 Å². The molecule has 0 radical (unpaired) electrons. The molecular formula is C24H23N3O3. The van der Waals surface area contributed by atoms with Gasteiger partial charge in [-0.2, -0.15) is 0 Å². The SMILES string of the molecule is N[C@@H](Cc1ncccc1C1CC1)c1ccccc1-c1noc2ccccc12.O=CO. The fourth-order valence-corrected chi connectivity index (χ4v) is 3.82. The molecule has 0 spiro atoms. The van der Waals surface area contributed by atoms with Gasteiger partial charge in [-0.25, -0.2) is 0 Å². The molecule has 0 amide bonds. The lowest BCUT2D eigenvalue weighted by molar-refractivity contribution is -0.122. The minimum atomic E-state index is -0.250. The summed E-state index contributed by atoms with van der Waals surface area (Å²) in [7, 11) is 0. The number of para-hydroxylation sites is 1. The van der Waals surface area contributed by atoms with Gasteiger partial charge < -0.3 is 15.4 Å². The number of fused-ring (bicyclic) bond motifs is 1. The summed E-state index contributed by atoms with van der Waals surface area (Å²) < 4.78 is 5.51. The summed E-state index contributed by atoms with van der Waals surface area (Å²) in [5.74, 6) is 0.663. The van der Waals surface area contributed by atoms with Gasteiger partial charge in [0.1, 0.15) is 5.69 Å². The molecule has 152 valence electrons. The minimum absolute atomic E-state index is 0.149. The summed E-state index contributed by atoms with van der Waals surface area (Å²) in [6.07, 6.45) is 5.11. The summed E-state index contributed by atoms with van der Waals surface area (Å²) in [6, 6.07) is 20.2. The fraction of sp³-hybridized carbons (Fsp3) is 0.208. The maximum absolute atomic E-state index is 8.36. The Bertz CT molecular complexity index is 1150. The molecule has 1 fully saturated rings. The molecule has 4 aromatic rings. The van der Waals surface area contributed by atoms with Crippen LogP contribution in [0.5, 0.6) is 0 Å². The number of rotatable bonds is 5. The largest absolute Gasteiger partial charge is 0.483 e.